The number of aliphatic carboxylic acids is 1. The summed E-state index contributed by atoms with van der Waals surface area (Å²) in [6, 6.07) is 8.18. The van der Waals surface area contributed by atoms with E-state index in [9.17, 15) is 9.90 Å². The van der Waals surface area contributed by atoms with Crippen LogP contribution >= 0.6 is 0 Å². The van der Waals surface area contributed by atoms with Crippen LogP contribution in [0.5, 0.6) is 0 Å². The van der Waals surface area contributed by atoms with Crippen LogP contribution in [0.15, 0.2) is 42.5 Å². The van der Waals surface area contributed by atoms with Gasteiger partial charge in [0.2, 0.25) is 0 Å². The third-order valence-corrected chi connectivity index (χ3v) is 5.10. The summed E-state index contributed by atoms with van der Waals surface area (Å²) >= 11 is 0. The fraction of sp³-hybridized carbons (Fsp3) is 0.500. The molecule has 130 valence electrons. The molecule has 0 heterocycles. The molecule has 2 nitrogen and oxygen atoms in total. The first-order chi connectivity index (χ1) is 11.7. The molecule has 0 aromatic heterocycles. The maximum atomic E-state index is 11.5. The summed E-state index contributed by atoms with van der Waals surface area (Å²) in [6.07, 6.45) is 14.3. The zero-order valence-corrected chi connectivity index (χ0v) is 15.0. The largest absolute Gasteiger partial charge is 0.478 e. The van der Waals surface area contributed by atoms with Gasteiger partial charge in [0, 0.05) is 0 Å². The predicted octanol–water partition coefficient (Wildman–Crippen LogP) is 6.19. The van der Waals surface area contributed by atoms with E-state index >= 15 is 0 Å². The van der Waals surface area contributed by atoms with Crippen LogP contribution in [0.3, 0.4) is 0 Å². The van der Waals surface area contributed by atoms with E-state index in [2.05, 4.69) is 19.1 Å². The monoisotopic (exact) mass is 326 g/mol. The summed E-state index contributed by atoms with van der Waals surface area (Å²) in [4.78, 5) is 11.5. The Morgan fingerprint density at radius 3 is 2.33 bits per heavy atom. The number of hydrogen-bond donors (Lipinski definition) is 1. The highest BCUT2D eigenvalue weighted by molar-refractivity contribution is 6.15. The molecule has 1 saturated carbocycles. The average Bonchev–Trinajstić information content (AvgIpc) is 2.60. The molecule has 0 spiro atoms. The van der Waals surface area contributed by atoms with Gasteiger partial charge in [0.05, 0.1) is 5.57 Å². The van der Waals surface area contributed by atoms with Crippen molar-refractivity contribution in [2.75, 3.05) is 0 Å². The molecule has 24 heavy (non-hydrogen) atoms. The van der Waals surface area contributed by atoms with Crippen molar-refractivity contribution in [1.29, 1.82) is 0 Å². The molecule has 0 bridgehead atoms. The van der Waals surface area contributed by atoms with Crippen molar-refractivity contribution in [3.63, 3.8) is 0 Å². The lowest BCUT2D eigenvalue weighted by Crippen LogP contribution is -2.13. The van der Waals surface area contributed by atoms with Crippen molar-refractivity contribution in [3.05, 3.63) is 53.6 Å². The van der Waals surface area contributed by atoms with Crippen molar-refractivity contribution < 1.29 is 9.90 Å². The fourth-order valence-corrected chi connectivity index (χ4v) is 3.72. The van der Waals surface area contributed by atoms with Crippen molar-refractivity contribution in [3.8, 4) is 0 Å². The van der Waals surface area contributed by atoms with Crippen LogP contribution in [0.1, 0.15) is 75.8 Å². The molecule has 1 aromatic carbocycles. The lowest BCUT2D eigenvalue weighted by molar-refractivity contribution is -0.130. The molecular weight excluding hydrogens is 296 g/mol. The van der Waals surface area contributed by atoms with E-state index in [0.29, 0.717) is 11.5 Å². The zero-order valence-electron chi connectivity index (χ0n) is 15.0. The molecule has 0 atom stereocenters. The van der Waals surface area contributed by atoms with E-state index in [-0.39, 0.29) is 0 Å². The Bertz CT molecular complexity index is 572. The second-order valence-corrected chi connectivity index (χ2v) is 6.85. The maximum Gasteiger partial charge on any atom is 0.336 e. The molecule has 1 fully saturated rings. The number of hydrogen-bond acceptors (Lipinski definition) is 1. The summed E-state index contributed by atoms with van der Waals surface area (Å²) in [5.74, 6) is 0.686. The van der Waals surface area contributed by atoms with E-state index < -0.39 is 5.97 Å². The zero-order chi connectivity index (χ0) is 17.4. The van der Waals surface area contributed by atoms with Crippen LogP contribution in [0.4, 0.5) is 0 Å². The first kappa shape index (κ1) is 18.5. The van der Waals surface area contributed by atoms with Gasteiger partial charge in [-0.2, -0.15) is 0 Å². The lowest BCUT2D eigenvalue weighted by Gasteiger charge is -2.28. The Balaban J connectivity index is 2.06. The molecule has 1 aliphatic carbocycles. The third kappa shape index (κ3) is 5.09. The summed E-state index contributed by atoms with van der Waals surface area (Å²) in [5, 5.41) is 9.42. The van der Waals surface area contributed by atoms with Gasteiger partial charge in [0.1, 0.15) is 0 Å². The quantitative estimate of drug-likeness (QED) is 0.479. The molecule has 0 radical (unpaired) electrons. The molecular formula is C22H30O2. The van der Waals surface area contributed by atoms with Crippen LogP contribution in [0.2, 0.25) is 0 Å². The van der Waals surface area contributed by atoms with Crippen molar-refractivity contribution in [2.24, 2.45) is 5.92 Å². The van der Waals surface area contributed by atoms with Crippen molar-refractivity contribution in [2.45, 2.75) is 64.7 Å². The number of carboxylic acids is 1. The van der Waals surface area contributed by atoms with Crippen molar-refractivity contribution >= 4 is 11.5 Å². The summed E-state index contributed by atoms with van der Waals surface area (Å²) < 4.78 is 0. The second-order valence-electron chi connectivity index (χ2n) is 6.85. The Kier molecular flexibility index (Phi) is 7.30. The van der Waals surface area contributed by atoms with Gasteiger partial charge in [-0.25, -0.2) is 4.79 Å². The topological polar surface area (TPSA) is 37.3 Å². The molecule has 0 amide bonds. The predicted molar refractivity (Wildman–Crippen MR) is 101 cm³/mol. The first-order valence-corrected chi connectivity index (χ1v) is 9.36. The Hall–Kier alpha value is -1.83. The third-order valence-electron chi connectivity index (χ3n) is 5.10. The fourth-order valence-electron chi connectivity index (χ4n) is 3.72. The van der Waals surface area contributed by atoms with Gasteiger partial charge in [-0.15, -0.1) is 0 Å². The normalized spacial score (nSPS) is 22.0. The van der Waals surface area contributed by atoms with E-state index in [4.69, 9.17) is 0 Å². The molecule has 2 rings (SSSR count). The number of carbonyl (C=O) groups is 1. The van der Waals surface area contributed by atoms with Gasteiger partial charge in [-0.3, -0.25) is 0 Å². The SMILES string of the molecule is CC/C=C/C=C(/C(=O)O)c1ccc(C2CCC(CCC)CC2)cc1. The van der Waals surface area contributed by atoms with Gasteiger partial charge in [0.25, 0.3) is 0 Å². The molecule has 0 saturated heterocycles. The molecule has 0 unspecified atom stereocenters. The van der Waals surface area contributed by atoms with Gasteiger partial charge in [-0.05, 0) is 61.1 Å². The average molecular weight is 326 g/mol. The Morgan fingerprint density at radius 1 is 1.12 bits per heavy atom. The second kappa shape index (κ2) is 9.46. The summed E-state index contributed by atoms with van der Waals surface area (Å²) in [6.45, 7) is 4.31. The number of rotatable bonds is 7. The Morgan fingerprint density at radius 2 is 1.79 bits per heavy atom. The van der Waals surface area contributed by atoms with E-state index in [1.54, 1.807) is 6.08 Å². The minimum absolute atomic E-state index is 0.359. The highest BCUT2D eigenvalue weighted by Gasteiger charge is 2.22. The van der Waals surface area contributed by atoms with E-state index in [1.165, 1.54) is 44.1 Å². The van der Waals surface area contributed by atoms with Crippen LogP contribution < -0.4 is 0 Å². The van der Waals surface area contributed by atoms with Gasteiger partial charge >= 0.3 is 5.97 Å². The minimum atomic E-state index is -0.872. The maximum absolute atomic E-state index is 11.5. The summed E-state index contributed by atoms with van der Waals surface area (Å²) in [5.41, 5.74) is 2.51. The number of allylic oxidation sites excluding steroid dienone is 3. The van der Waals surface area contributed by atoms with Gasteiger partial charge < -0.3 is 5.11 Å². The summed E-state index contributed by atoms with van der Waals surface area (Å²) in [7, 11) is 0. The lowest BCUT2D eigenvalue weighted by atomic mass is 9.77. The van der Waals surface area contributed by atoms with Crippen LogP contribution in [-0.4, -0.2) is 11.1 Å². The van der Waals surface area contributed by atoms with Gasteiger partial charge in [-0.1, -0.05) is 63.1 Å². The van der Waals surface area contributed by atoms with Crippen LogP contribution in [-0.2, 0) is 4.79 Å². The highest BCUT2D eigenvalue weighted by Crippen LogP contribution is 2.37. The van der Waals surface area contributed by atoms with Crippen LogP contribution in [0, 0.1) is 5.92 Å². The Labute approximate surface area is 146 Å². The van der Waals surface area contributed by atoms with E-state index in [1.807, 2.05) is 31.2 Å². The molecule has 1 aliphatic rings. The molecule has 1 aromatic rings. The molecule has 2 heteroatoms. The van der Waals surface area contributed by atoms with Gasteiger partial charge in [0.15, 0.2) is 0 Å². The van der Waals surface area contributed by atoms with Crippen LogP contribution in [0.25, 0.3) is 5.57 Å². The smallest absolute Gasteiger partial charge is 0.336 e. The first-order valence-electron chi connectivity index (χ1n) is 9.36. The number of benzene rings is 1. The van der Waals surface area contributed by atoms with Crippen molar-refractivity contribution in [1.82, 2.24) is 0 Å². The number of carboxylic acid groups (broad SMARTS) is 1. The minimum Gasteiger partial charge on any atom is -0.478 e. The molecule has 0 aliphatic heterocycles. The highest BCUT2D eigenvalue weighted by atomic mass is 16.4. The molecule has 1 N–H and O–H groups in total. The standard InChI is InChI=1S/C22H30O2/c1-3-5-6-8-21(22(23)24)20-15-13-19(14-16-20)18-11-9-17(7-4-2)10-12-18/h5-6,8,13-18H,3-4,7,9-12H2,1-2H3,(H,23,24)/b6-5+,21-8+. The van der Waals surface area contributed by atoms with E-state index in [0.717, 1.165) is 17.9 Å².